The van der Waals surface area contributed by atoms with Gasteiger partial charge in [0.1, 0.15) is 12.2 Å². The maximum absolute atomic E-state index is 12.4. The number of hydrogen-bond acceptors (Lipinski definition) is 5. The number of allylic oxidation sites excluding steroid dienone is 1. The number of rotatable bonds is 4. The van der Waals surface area contributed by atoms with E-state index in [4.69, 9.17) is 44.3 Å². The zero-order chi connectivity index (χ0) is 20.6. The molecule has 0 aromatic carbocycles. The molecule has 1 saturated carbocycles. The van der Waals surface area contributed by atoms with Crippen LogP contribution in [0.1, 0.15) is 53.4 Å². The van der Waals surface area contributed by atoms with Crippen LogP contribution in [-0.2, 0) is 23.9 Å². The third-order valence-electron chi connectivity index (χ3n) is 5.77. The maximum atomic E-state index is 12.4. The van der Waals surface area contributed by atoms with Crippen molar-refractivity contribution in [3.63, 3.8) is 0 Å². The number of hydrogen-bond donors (Lipinski definition) is 0. The van der Waals surface area contributed by atoms with Gasteiger partial charge in [0.2, 0.25) is 3.79 Å². The van der Waals surface area contributed by atoms with Gasteiger partial charge in [0.05, 0.1) is 5.92 Å². The molecule has 0 heterocycles. The Hall–Kier alpha value is -0.780. The zero-order valence-electron chi connectivity index (χ0n) is 15.9. The van der Waals surface area contributed by atoms with Gasteiger partial charge < -0.3 is 9.47 Å². The van der Waals surface area contributed by atoms with Crippen LogP contribution in [0.25, 0.3) is 0 Å². The number of fused-ring (bicyclic) bond motifs is 1. The molecule has 152 valence electrons. The first-order chi connectivity index (χ1) is 12.3. The lowest BCUT2D eigenvalue weighted by Crippen LogP contribution is -2.38. The lowest BCUT2D eigenvalue weighted by Gasteiger charge is -2.34. The molecule has 4 atom stereocenters. The molecule has 0 saturated heterocycles. The predicted octanol–water partition coefficient (Wildman–Crippen LogP) is 4.56. The van der Waals surface area contributed by atoms with Crippen LogP contribution in [0.5, 0.6) is 0 Å². The predicted molar refractivity (Wildman–Crippen MR) is 104 cm³/mol. The van der Waals surface area contributed by atoms with Crippen molar-refractivity contribution in [2.45, 2.75) is 62.8 Å². The minimum absolute atomic E-state index is 0.0522. The van der Waals surface area contributed by atoms with Gasteiger partial charge in [-0.3, -0.25) is 14.4 Å². The lowest BCUT2D eigenvalue weighted by atomic mass is 9.82. The highest BCUT2D eigenvalue weighted by molar-refractivity contribution is 6.67. The Morgan fingerprint density at radius 1 is 1.30 bits per heavy atom. The van der Waals surface area contributed by atoms with Gasteiger partial charge in [-0.05, 0) is 44.6 Å². The second-order valence-electron chi connectivity index (χ2n) is 7.75. The van der Waals surface area contributed by atoms with E-state index in [0.717, 1.165) is 5.57 Å². The lowest BCUT2D eigenvalue weighted by molar-refractivity contribution is -0.161. The van der Waals surface area contributed by atoms with E-state index in [1.807, 2.05) is 6.92 Å². The number of ketones is 1. The van der Waals surface area contributed by atoms with E-state index in [1.165, 1.54) is 6.92 Å². The molecule has 0 N–H and O–H groups in total. The summed E-state index contributed by atoms with van der Waals surface area (Å²) in [6.07, 6.45) is 2.15. The molecule has 27 heavy (non-hydrogen) atoms. The summed E-state index contributed by atoms with van der Waals surface area (Å²) < 4.78 is 9.13. The molecular formula is C19H25Cl3O5. The Morgan fingerprint density at radius 3 is 2.48 bits per heavy atom. The fourth-order valence-electron chi connectivity index (χ4n) is 4.17. The number of carbonyl (C=O) groups is 3. The van der Waals surface area contributed by atoms with Crippen molar-refractivity contribution in [1.29, 1.82) is 0 Å². The molecule has 8 heteroatoms. The van der Waals surface area contributed by atoms with Crippen LogP contribution in [0, 0.1) is 17.8 Å². The first-order valence-electron chi connectivity index (χ1n) is 9.00. The van der Waals surface area contributed by atoms with Crippen molar-refractivity contribution in [2.24, 2.45) is 17.8 Å². The molecule has 2 aliphatic carbocycles. The monoisotopic (exact) mass is 438 g/mol. The van der Waals surface area contributed by atoms with Crippen molar-refractivity contribution in [2.75, 3.05) is 6.61 Å². The summed E-state index contributed by atoms with van der Waals surface area (Å²) in [7, 11) is 0. The summed E-state index contributed by atoms with van der Waals surface area (Å²) >= 11 is 16.9. The van der Waals surface area contributed by atoms with Crippen molar-refractivity contribution in [3.05, 3.63) is 11.1 Å². The maximum Gasteiger partial charge on any atom is 0.309 e. The van der Waals surface area contributed by atoms with Crippen molar-refractivity contribution >= 4 is 52.5 Å². The van der Waals surface area contributed by atoms with E-state index < -0.39 is 21.3 Å². The van der Waals surface area contributed by atoms with Crippen molar-refractivity contribution in [3.8, 4) is 0 Å². The fourth-order valence-corrected chi connectivity index (χ4v) is 4.33. The molecule has 2 unspecified atom stereocenters. The van der Waals surface area contributed by atoms with Gasteiger partial charge in [0, 0.05) is 19.3 Å². The smallest absolute Gasteiger partial charge is 0.309 e. The molecule has 2 aliphatic rings. The van der Waals surface area contributed by atoms with Crippen molar-refractivity contribution in [1.82, 2.24) is 0 Å². The first-order valence-corrected chi connectivity index (χ1v) is 10.1. The van der Waals surface area contributed by atoms with Gasteiger partial charge in [-0.15, -0.1) is 0 Å². The second kappa shape index (κ2) is 8.30. The largest absolute Gasteiger partial charge is 0.461 e. The van der Waals surface area contributed by atoms with Gasteiger partial charge in [-0.25, -0.2) is 0 Å². The number of esters is 2. The fraction of sp³-hybridized carbons (Fsp3) is 0.737. The summed E-state index contributed by atoms with van der Waals surface area (Å²) in [5.41, 5.74) is 0.935. The number of alkyl halides is 3. The minimum atomic E-state index is -1.66. The average Bonchev–Trinajstić information content (AvgIpc) is 2.74. The molecular weight excluding hydrogens is 415 g/mol. The van der Waals surface area contributed by atoms with Crippen LogP contribution in [-0.4, -0.2) is 33.7 Å². The third-order valence-corrected chi connectivity index (χ3v) is 6.10. The van der Waals surface area contributed by atoms with Gasteiger partial charge >= 0.3 is 11.9 Å². The van der Waals surface area contributed by atoms with Crippen LogP contribution in [0.3, 0.4) is 0 Å². The summed E-state index contributed by atoms with van der Waals surface area (Å²) in [5, 5.41) is 0. The Kier molecular flexibility index (Phi) is 6.92. The molecule has 0 aromatic heterocycles. The van der Waals surface area contributed by atoms with Crippen LogP contribution in [0.15, 0.2) is 11.1 Å². The van der Waals surface area contributed by atoms with Crippen molar-refractivity contribution < 1.29 is 23.9 Å². The molecule has 5 nitrogen and oxygen atoms in total. The quantitative estimate of drug-likeness (QED) is 0.474. The Labute approximate surface area is 174 Å². The standard InChI is InChI=1S/C19H25Cl3O5/c1-10(17(25)26-9-19(20,21)22)13-5-6-18(4,27-12(3)23)15-8-16(24)11(2)14(15)7-13/h10,13,15H,5-9H2,1-4H3/t10?,13-,15?,18-/m1/s1. The number of Topliss-reactive ketones (excluding diaryl/α,β-unsaturated/α-hetero) is 1. The van der Waals surface area contributed by atoms with E-state index in [0.29, 0.717) is 31.3 Å². The highest BCUT2D eigenvalue weighted by atomic mass is 35.6. The van der Waals surface area contributed by atoms with E-state index in [-0.39, 0.29) is 30.2 Å². The van der Waals surface area contributed by atoms with E-state index >= 15 is 0 Å². The SMILES string of the molecule is CC(=O)O[C@]1(C)CC[C@@H](C(C)C(=O)OCC(Cl)(Cl)Cl)CC2=C(C)C(=O)CC21. The summed E-state index contributed by atoms with van der Waals surface area (Å²) in [5.74, 6) is -1.38. The topological polar surface area (TPSA) is 69.7 Å². The molecule has 0 aromatic rings. The van der Waals surface area contributed by atoms with Crippen LogP contribution in [0.4, 0.5) is 0 Å². The molecule has 0 radical (unpaired) electrons. The molecule has 0 bridgehead atoms. The van der Waals surface area contributed by atoms with E-state index in [9.17, 15) is 14.4 Å². The van der Waals surface area contributed by atoms with Gasteiger partial charge in [0.25, 0.3) is 0 Å². The molecule has 0 amide bonds. The van der Waals surface area contributed by atoms with Gasteiger partial charge in [-0.2, -0.15) is 0 Å². The molecule has 2 rings (SSSR count). The van der Waals surface area contributed by atoms with Crippen LogP contribution in [0.2, 0.25) is 0 Å². The van der Waals surface area contributed by atoms with E-state index in [1.54, 1.807) is 13.8 Å². The molecule has 0 aliphatic heterocycles. The molecule has 0 spiro atoms. The highest BCUT2D eigenvalue weighted by Crippen LogP contribution is 2.49. The average molecular weight is 440 g/mol. The highest BCUT2D eigenvalue weighted by Gasteiger charge is 2.48. The van der Waals surface area contributed by atoms with Crippen LogP contribution < -0.4 is 0 Å². The number of halogens is 3. The van der Waals surface area contributed by atoms with Crippen LogP contribution >= 0.6 is 34.8 Å². The summed E-state index contributed by atoms with van der Waals surface area (Å²) in [6, 6.07) is 0. The zero-order valence-corrected chi connectivity index (χ0v) is 18.2. The second-order valence-corrected chi connectivity index (χ2v) is 10.3. The first kappa shape index (κ1) is 22.5. The Balaban J connectivity index is 2.23. The number of ether oxygens (including phenoxy) is 2. The summed E-state index contributed by atoms with van der Waals surface area (Å²) in [4.78, 5) is 36.4. The Bertz CT molecular complexity index is 667. The normalized spacial score (nSPS) is 29.8. The van der Waals surface area contributed by atoms with Gasteiger partial charge in [0.15, 0.2) is 5.78 Å². The minimum Gasteiger partial charge on any atom is -0.461 e. The van der Waals surface area contributed by atoms with Gasteiger partial charge in [-0.1, -0.05) is 47.3 Å². The Morgan fingerprint density at radius 2 is 1.93 bits per heavy atom. The number of carbonyl (C=O) groups excluding carboxylic acids is 3. The summed E-state index contributed by atoms with van der Waals surface area (Å²) in [6.45, 7) is 6.51. The third kappa shape index (κ3) is 5.39. The van der Waals surface area contributed by atoms with E-state index in [2.05, 4.69) is 0 Å². The molecule has 1 fully saturated rings.